The highest BCUT2D eigenvalue weighted by molar-refractivity contribution is 7.92. The van der Waals surface area contributed by atoms with Gasteiger partial charge in [0.05, 0.1) is 10.6 Å². The molecule has 0 fully saturated rings. The molecule has 0 saturated heterocycles. The van der Waals surface area contributed by atoms with Gasteiger partial charge < -0.3 is 0 Å². The predicted octanol–water partition coefficient (Wildman–Crippen LogP) is 3.66. The van der Waals surface area contributed by atoms with Gasteiger partial charge in [-0.2, -0.15) is 5.10 Å². The van der Waals surface area contributed by atoms with Crippen molar-refractivity contribution in [1.82, 2.24) is 5.43 Å². The first-order valence-electron chi connectivity index (χ1n) is 8.26. The number of halogens is 1. The lowest BCUT2D eigenvalue weighted by molar-refractivity contribution is -0.119. The van der Waals surface area contributed by atoms with Crippen LogP contribution in [0, 0.1) is 13.8 Å². The Hall–Kier alpha value is -2.38. The van der Waals surface area contributed by atoms with Crippen LogP contribution in [0.15, 0.2) is 52.5 Å². The molecule has 0 radical (unpaired) electrons. The van der Waals surface area contributed by atoms with Crippen molar-refractivity contribution >= 4 is 38.9 Å². The number of anilines is 1. The van der Waals surface area contributed by atoms with Gasteiger partial charge in [0, 0.05) is 10.7 Å². The Labute approximate surface area is 164 Å². The SMILES string of the molecule is CC(C)=NNC(=O)CN(c1ccc(Cl)cc1C)S(=O)(=O)c1ccc(C)cc1. The summed E-state index contributed by atoms with van der Waals surface area (Å²) in [6, 6.07) is 11.3. The van der Waals surface area contributed by atoms with Gasteiger partial charge in [0.2, 0.25) is 0 Å². The second-order valence-electron chi connectivity index (χ2n) is 6.35. The fourth-order valence-electron chi connectivity index (χ4n) is 2.38. The molecule has 8 heteroatoms. The van der Waals surface area contributed by atoms with Gasteiger partial charge >= 0.3 is 0 Å². The fraction of sp³-hybridized carbons (Fsp3) is 0.263. The monoisotopic (exact) mass is 407 g/mol. The van der Waals surface area contributed by atoms with Gasteiger partial charge in [0.25, 0.3) is 15.9 Å². The van der Waals surface area contributed by atoms with Crippen molar-refractivity contribution in [2.24, 2.45) is 5.10 Å². The van der Waals surface area contributed by atoms with E-state index in [0.717, 1.165) is 9.87 Å². The Bertz CT molecular complexity index is 966. The summed E-state index contributed by atoms with van der Waals surface area (Å²) >= 11 is 6.00. The first-order valence-corrected chi connectivity index (χ1v) is 10.1. The van der Waals surface area contributed by atoms with Gasteiger partial charge in [-0.3, -0.25) is 9.10 Å². The molecule has 0 heterocycles. The second kappa shape index (κ2) is 8.54. The van der Waals surface area contributed by atoms with Gasteiger partial charge in [-0.05, 0) is 63.6 Å². The van der Waals surface area contributed by atoms with Crippen LogP contribution in [0.2, 0.25) is 5.02 Å². The molecule has 1 amide bonds. The average molecular weight is 408 g/mol. The summed E-state index contributed by atoms with van der Waals surface area (Å²) in [6.07, 6.45) is 0. The van der Waals surface area contributed by atoms with Crippen molar-refractivity contribution in [3.05, 3.63) is 58.6 Å². The second-order valence-corrected chi connectivity index (χ2v) is 8.65. The van der Waals surface area contributed by atoms with Gasteiger partial charge in [0.1, 0.15) is 6.54 Å². The van der Waals surface area contributed by atoms with E-state index in [9.17, 15) is 13.2 Å². The van der Waals surface area contributed by atoms with Crippen molar-refractivity contribution in [2.45, 2.75) is 32.6 Å². The number of hydrazone groups is 1. The minimum Gasteiger partial charge on any atom is -0.271 e. The van der Waals surface area contributed by atoms with Gasteiger partial charge in [-0.1, -0.05) is 29.3 Å². The van der Waals surface area contributed by atoms with Crippen LogP contribution in [-0.4, -0.2) is 26.6 Å². The third-order valence-electron chi connectivity index (χ3n) is 3.73. The minimum atomic E-state index is -3.96. The van der Waals surface area contributed by atoms with Crippen LogP contribution in [0.1, 0.15) is 25.0 Å². The molecule has 144 valence electrons. The molecular formula is C19H22ClN3O3S. The molecule has 2 aromatic carbocycles. The minimum absolute atomic E-state index is 0.102. The summed E-state index contributed by atoms with van der Waals surface area (Å²) in [4.78, 5) is 12.4. The Balaban J connectivity index is 2.50. The van der Waals surface area contributed by atoms with Crippen LogP contribution >= 0.6 is 11.6 Å². The van der Waals surface area contributed by atoms with Crippen LogP contribution < -0.4 is 9.73 Å². The smallest absolute Gasteiger partial charge is 0.264 e. The summed E-state index contributed by atoms with van der Waals surface area (Å²) in [6.45, 7) is 6.66. The van der Waals surface area contributed by atoms with Crippen LogP contribution in [0.3, 0.4) is 0 Å². The van der Waals surface area contributed by atoms with E-state index in [1.54, 1.807) is 51.1 Å². The molecule has 0 aliphatic rings. The fourth-order valence-corrected chi connectivity index (χ4v) is 4.09. The number of benzene rings is 2. The molecule has 6 nitrogen and oxygen atoms in total. The number of carbonyl (C=O) groups excluding carboxylic acids is 1. The summed E-state index contributed by atoms with van der Waals surface area (Å²) in [5.41, 5.74) is 4.97. The predicted molar refractivity (Wildman–Crippen MR) is 109 cm³/mol. The molecular weight excluding hydrogens is 386 g/mol. The van der Waals surface area contributed by atoms with Gasteiger partial charge in [0.15, 0.2) is 0 Å². The molecule has 1 N–H and O–H groups in total. The van der Waals surface area contributed by atoms with E-state index in [0.29, 0.717) is 22.0 Å². The lowest BCUT2D eigenvalue weighted by Gasteiger charge is -2.25. The Kier molecular flexibility index (Phi) is 6.62. The van der Waals surface area contributed by atoms with E-state index >= 15 is 0 Å². The number of hydrogen-bond acceptors (Lipinski definition) is 4. The number of sulfonamides is 1. The molecule has 2 aromatic rings. The number of carbonyl (C=O) groups is 1. The standard InChI is InChI=1S/C19H22ClN3O3S/c1-13(2)21-22-19(24)12-23(18-10-7-16(20)11-15(18)4)27(25,26)17-8-5-14(3)6-9-17/h5-11H,12H2,1-4H3,(H,22,24). The highest BCUT2D eigenvalue weighted by atomic mass is 35.5. The molecule has 0 aliphatic carbocycles. The van der Waals surface area contributed by atoms with Crippen molar-refractivity contribution in [3.8, 4) is 0 Å². The first-order chi connectivity index (χ1) is 12.6. The van der Waals surface area contributed by atoms with E-state index in [1.165, 1.54) is 12.1 Å². The first kappa shape index (κ1) is 20.9. The largest absolute Gasteiger partial charge is 0.271 e. The molecule has 0 aromatic heterocycles. The molecule has 0 aliphatic heterocycles. The lowest BCUT2D eigenvalue weighted by Crippen LogP contribution is -2.40. The summed E-state index contributed by atoms with van der Waals surface area (Å²) < 4.78 is 27.5. The number of nitrogens with zero attached hydrogens (tertiary/aromatic N) is 2. The third kappa shape index (κ3) is 5.30. The number of nitrogens with one attached hydrogen (secondary N) is 1. The Morgan fingerprint density at radius 2 is 1.74 bits per heavy atom. The molecule has 0 saturated carbocycles. The van der Waals surface area contributed by atoms with Crippen molar-refractivity contribution < 1.29 is 13.2 Å². The zero-order chi connectivity index (χ0) is 20.2. The van der Waals surface area contributed by atoms with Crippen molar-refractivity contribution in [2.75, 3.05) is 10.8 Å². The maximum Gasteiger partial charge on any atom is 0.264 e. The molecule has 27 heavy (non-hydrogen) atoms. The van der Waals surface area contributed by atoms with Gasteiger partial charge in [-0.15, -0.1) is 0 Å². The van der Waals surface area contributed by atoms with E-state index in [4.69, 9.17) is 11.6 Å². The zero-order valence-electron chi connectivity index (χ0n) is 15.7. The summed E-state index contributed by atoms with van der Waals surface area (Å²) in [7, 11) is -3.96. The highest BCUT2D eigenvalue weighted by Gasteiger charge is 2.28. The number of aryl methyl sites for hydroxylation is 2. The van der Waals surface area contributed by atoms with E-state index in [1.807, 2.05) is 6.92 Å². The van der Waals surface area contributed by atoms with E-state index < -0.39 is 22.5 Å². The average Bonchev–Trinajstić information content (AvgIpc) is 2.59. The van der Waals surface area contributed by atoms with Crippen molar-refractivity contribution in [3.63, 3.8) is 0 Å². The Morgan fingerprint density at radius 1 is 1.11 bits per heavy atom. The number of amides is 1. The molecule has 0 spiro atoms. The third-order valence-corrected chi connectivity index (χ3v) is 5.74. The summed E-state index contributed by atoms with van der Waals surface area (Å²) in [5, 5.41) is 4.33. The molecule has 2 rings (SSSR count). The topological polar surface area (TPSA) is 78.8 Å². The van der Waals surface area contributed by atoms with E-state index in [-0.39, 0.29) is 4.90 Å². The van der Waals surface area contributed by atoms with Gasteiger partial charge in [-0.25, -0.2) is 13.8 Å². The normalized spacial score (nSPS) is 11.0. The van der Waals surface area contributed by atoms with Crippen LogP contribution in [0.25, 0.3) is 0 Å². The van der Waals surface area contributed by atoms with Crippen LogP contribution in [-0.2, 0) is 14.8 Å². The van der Waals surface area contributed by atoms with E-state index in [2.05, 4.69) is 10.5 Å². The maximum absolute atomic E-state index is 13.2. The zero-order valence-corrected chi connectivity index (χ0v) is 17.2. The quantitative estimate of drug-likeness (QED) is 0.586. The molecule has 0 atom stereocenters. The van der Waals surface area contributed by atoms with Crippen molar-refractivity contribution in [1.29, 1.82) is 0 Å². The van der Waals surface area contributed by atoms with Crippen LogP contribution in [0.4, 0.5) is 5.69 Å². The number of rotatable bonds is 6. The molecule has 0 bridgehead atoms. The maximum atomic E-state index is 13.2. The highest BCUT2D eigenvalue weighted by Crippen LogP contribution is 2.28. The summed E-state index contributed by atoms with van der Waals surface area (Å²) in [5.74, 6) is -0.541. The van der Waals surface area contributed by atoms with Crippen LogP contribution in [0.5, 0.6) is 0 Å². The Morgan fingerprint density at radius 3 is 2.30 bits per heavy atom. The lowest BCUT2D eigenvalue weighted by atomic mass is 10.2. The number of hydrogen-bond donors (Lipinski definition) is 1. The molecule has 0 unspecified atom stereocenters.